The molecule has 11 N–H and O–H groups in total. The summed E-state index contributed by atoms with van der Waals surface area (Å²) in [5.74, 6) is -5.11. The van der Waals surface area contributed by atoms with Gasteiger partial charge in [-0.3, -0.25) is 24.6 Å². The van der Waals surface area contributed by atoms with Gasteiger partial charge in [-0.2, -0.15) is 15.3 Å². The average molecular weight is 1630 g/mol. The highest BCUT2D eigenvalue weighted by Crippen LogP contribution is 2.42. The molecule has 0 bridgehead atoms. The third-order valence-electron chi connectivity index (χ3n) is 22.5. The van der Waals surface area contributed by atoms with Crippen molar-refractivity contribution in [3.8, 4) is 0 Å². The molecule has 6 aromatic carbocycles. The fourth-order valence-corrected chi connectivity index (χ4v) is 16.1. The smallest absolute Gasteiger partial charge is 0.407 e. The summed E-state index contributed by atoms with van der Waals surface area (Å²) in [5, 5.41) is 72.1. The van der Waals surface area contributed by atoms with E-state index in [4.69, 9.17) is 4.74 Å². The van der Waals surface area contributed by atoms with Gasteiger partial charge in [-0.1, -0.05) is 135 Å². The number of fused-ring (bicyclic) bond motifs is 3. The number of rotatable bonds is 24. The molecule has 9 atom stereocenters. The zero-order chi connectivity index (χ0) is 86.0. The highest BCUT2D eigenvalue weighted by atomic mass is 19.2. The summed E-state index contributed by atoms with van der Waals surface area (Å²) in [4.78, 5) is 48.6. The molecular formula is C92H116F6N12O8. The van der Waals surface area contributed by atoms with Crippen LogP contribution in [-0.4, -0.2) is 131 Å². The molecule has 9 aromatic rings. The quantitative estimate of drug-likeness (QED) is 0.0251. The number of aliphatic hydroxyl groups is 3. The first-order valence-corrected chi connectivity index (χ1v) is 40.5. The Hall–Kier alpha value is -9.83. The van der Waals surface area contributed by atoms with E-state index < -0.39 is 99.7 Å². The molecular weight excluding hydrogens is 1520 g/mol. The number of carbonyl (C=O) groups excluding carboxylic acids is 4. The van der Waals surface area contributed by atoms with Gasteiger partial charge in [0.25, 0.3) is 0 Å². The average Bonchev–Trinajstić information content (AvgIpc) is 1.45. The number of halogens is 6. The van der Waals surface area contributed by atoms with E-state index >= 15 is 0 Å². The number of carbonyl (C=O) groups is 4. The number of aryl methyl sites for hydroxylation is 3. The molecule has 3 unspecified atom stereocenters. The zero-order valence-corrected chi connectivity index (χ0v) is 70.4. The topological polar surface area (TPSA) is 286 Å². The van der Waals surface area contributed by atoms with Gasteiger partial charge >= 0.3 is 6.09 Å². The van der Waals surface area contributed by atoms with Crippen molar-refractivity contribution in [1.29, 1.82) is 0 Å². The lowest BCUT2D eigenvalue weighted by atomic mass is 9.74. The number of hydrogen-bond acceptors (Lipinski definition) is 14. The predicted octanol–water partition coefficient (Wildman–Crippen LogP) is 13.7. The van der Waals surface area contributed by atoms with Crippen LogP contribution in [0, 0.1) is 34.9 Å². The second-order valence-electron chi connectivity index (χ2n) is 36.2. The van der Waals surface area contributed by atoms with Gasteiger partial charge in [0.2, 0.25) is 17.7 Å². The van der Waals surface area contributed by atoms with Gasteiger partial charge in [0, 0.05) is 92.8 Å². The molecule has 118 heavy (non-hydrogen) atoms. The summed E-state index contributed by atoms with van der Waals surface area (Å²) in [7, 11) is 0. The molecule has 0 spiro atoms. The number of nitrogens with one attached hydrogen (secondary N) is 8. The number of benzene rings is 6. The van der Waals surface area contributed by atoms with Crippen LogP contribution in [0.2, 0.25) is 0 Å². The van der Waals surface area contributed by atoms with Crippen LogP contribution in [0.3, 0.4) is 0 Å². The van der Waals surface area contributed by atoms with E-state index in [1.165, 1.54) is 78.5 Å². The number of ether oxygens (including phenoxy) is 1. The van der Waals surface area contributed by atoms with Crippen molar-refractivity contribution in [2.24, 2.45) is 0 Å². The van der Waals surface area contributed by atoms with Gasteiger partial charge < -0.3 is 52.0 Å². The highest BCUT2D eigenvalue weighted by Gasteiger charge is 2.43. The minimum Gasteiger partial charge on any atom is -0.444 e. The third kappa shape index (κ3) is 24.2. The van der Waals surface area contributed by atoms with Gasteiger partial charge in [-0.25, -0.2) is 35.8 Å². The van der Waals surface area contributed by atoms with E-state index in [9.17, 15) is 60.8 Å². The van der Waals surface area contributed by atoms with Crippen LogP contribution in [0.25, 0.3) is 0 Å². The SMILES string of the molecule is CC(=O)N[C@@H](Cc1cc(F)cc(F)c1)[C@H](O)CNC1(c2cccc(C(C)(C)C)c2)CCc2[nH]ncc2C1.CC(=O)N[C@@H](Cc1cc(F)cc(F)c1)[C@H](O)CNC1(c2cccc(C(C)(C)C)c2)CCc2nn(C(C)=O)cc2C1.CC(C)(C)OC(=O)N[C@@H](Cc1cc(F)cc(F)c1)[C@H](O)CNC1(c2cccc(C(C)(C)C)c2)CCc2[nH]ncc2C1. The molecule has 0 aliphatic heterocycles. The van der Waals surface area contributed by atoms with E-state index in [1.54, 1.807) is 27.0 Å². The van der Waals surface area contributed by atoms with Crippen molar-refractivity contribution in [3.63, 3.8) is 0 Å². The molecule has 26 heteroatoms. The minimum atomic E-state index is -1.10. The predicted molar refractivity (Wildman–Crippen MR) is 443 cm³/mol. The molecule has 3 amide bonds. The van der Waals surface area contributed by atoms with Crippen molar-refractivity contribution in [1.82, 2.24) is 62.1 Å². The van der Waals surface area contributed by atoms with Gasteiger partial charge in [-0.05, 0) is 217 Å². The van der Waals surface area contributed by atoms with Crippen molar-refractivity contribution in [2.45, 2.75) is 256 Å². The fourth-order valence-electron chi connectivity index (χ4n) is 16.1. The van der Waals surface area contributed by atoms with Crippen LogP contribution in [0.5, 0.6) is 0 Å². The number of hydrogen-bond donors (Lipinski definition) is 11. The first-order chi connectivity index (χ1) is 55.3. The fraction of sp³-hybridized carbons (Fsp3) is 0.467. The molecule has 0 radical (unpaired) electrons. The number of alkyl carbamates (subject to hydrolysis) is 1. The number of aromatic amines is 2. The van der Waals surface area contributed by atoms with Crippen LogP contribution in [0.1, 0.15) is 212 Å². The molecule has 3 aromatic heterocycles. The van der Waals surface area contributed by atoms with Crippen LogP contribution >= 0.6 is 0 Å². The largest absolute Gasteiger partial charge is 0.444 e. The van der Waals surface area contributed by atoms with Crippen LogP contribution < -0.4 is 31.9 Å². The third-order valence-corrected chi connectivity index (χ3v) is 22.5. The first kappa shape index (κ1) is 90.5. The van der Waals surface area contributed by atoms with Crippen LogP contribution in [0.4, 0.5) is 31.1 Å². The molecule has 3 aliphatic carbocycles. The summed E-state index contributed by atoms with van der Waals surface area (Å²) in [6.45, 7) is 29.3. The van der Waals surface area contributed by atoms with Crippen LogP contribution in [0.15, 0.2) is 146 Å². The maximum Gasteiger partial charge on any atom is 0.407 e. The zero-order valence-electron chi connectivity index (χ0n) is 70.4. The Kier molecular flexibility index (Phi) is 28.9. The molecule has 3 heterocycles. The van der Waals surface area contributed by atoms with Gasteiger partial charge in [0.1, 0.15) is 40.5 Å². The second kappa shape index (κ2) is 37.6. The maximum atomic E-state index is 14.0. The summed E-state index contributed by atoms with van der Waals surface area (Å²) in [6, 6.07) is 32.7. The van der Waals surface area contributed by atoms with Gasteiger partial charge in [0.05, 0.1) is 54.5 Å². The lowest BCUT2D eigenvalue weighted by Crippen LogP contribution is -2.54. The Balaban J connectivity index is 0.000000187. The molecule has 12 rings (SSSR count). The maximum absolute atomic E-state index is 14.0. The molecule has 20 nitrogen and oxygen atoms in total. The van der Waals surface area contributed by atoms with Crippen molar-refractivity contribution in [3.05, 3.63) is 265 Å². The lowest BCUT2D eigenvalue weighted by Gasteiger charge is -2.40. The van der Waals surface area contributed by atoms with Crippen molar-refractivity contribution >= 4 is 23.8 Å². The summed E-state index contributed by atoms with van der Waals surface area (Å²) >= 11 is 0. The van der Waals surface area contributed by atoms with Crippen LogP contribution in [-0.2, 0) is 105 Å². The highest BCUT2D eigenvalue weighted by molar-refractivity contribution is 5.75. The van der Waals surface area contributed by atoms with Crippen molar-refractivity contribution < 1.29 is 65.6 Å². The molecule has 0 fully saturated rings. The minimum absolute atomic E-state index is 0.00908. The first-order valence-electron chi connectivity index (χ1n) is 40.5. The number of aromatic nitrogens is 6. The Morgan fingerprint density at radius 1 is 0.458 bits per heavy atom. The van der Waals surface area contributed by atoms with E-state index in [-0.39, 0.29) is 72.9 Å². The molecule has 3 aliphatic rings. The van der Waals surface area contributed by atoms with E-state index in [0.717, 1.165) is 94.3 Å². The van der Waals surface area contributed by atoms with Gasteiger partial charge in [-0.15, -0.1) is 0 Å². The number of amides is 3. The second-order valence-corrected chi connectivity index (χ2v) is 36.2. The summed E-state index contributed by atoms with van der Waals surface area (Å²) in [6.07, 6.45) is 8.13. The van der Waals surface area contributed by atoms with E-state index in [0.29, 0.717) is 48.8 Å². The normalized spacial score (nSPS) is 18.9. The lowest BCUT2D eigenvalue weighted by molar-refractivity contribution is -0.121. The van der Waals surface area contributed by atoms with Gasteiger partial charge in [0.15, 0.2) is 0 Å². The summed E-state index contributed by atoms with van der Waals surface area (Å²) < 4.78 is 89.9. The van der Waals surface area contributed by atoms with Crippen molar-refractivity contribution in [2.75, 3.05) is 19.6 Å². The van der Waals surface area contributed by atoms with E-state index in [2.05, 4.69) is 186 Å². The Bertz CT molecular complexity index is 4920. The molecule has 0 saturated heterocycles. The van der Waals surface area contributed by atoms with E-state index in [1.807, 2.05) is 18.5 Å². The molecule has 634 valence electrons. The molecule has 0 saturated carbocycles. The standard InChI is InChI=1S/C32H42F2N4O3.C31H38F2N4O3.C29H36F2N4O2/c1-30(2,3)22-8-7-9-23(15-22)32(11-10-26-21(17-32)18-36-38-26)35-19-28(39)27(37-29(40)41-31(4,5)6)14-20-12-24(33)16-25(34)13-20;1-19(38)35-28(13-21-11-25(32)15-26(33)12-21)29(40)17-34-31(24-8-6-7-23(14-24)30(3,4)5)10-9-27-22(16-31)18-37(36-27)20(2)39;1-18(36)34-26(12-19-10-23(30)14-24(31)11-19)27(37)17-32-29(9-8-25-20(15-29)16-33-35-25)22-7-5-6-21(13-22)28(2,3)4/h7-9,12-13,15-16,18,27-28,35,39H,10-11,14,17,19H2,1-6H3,(H,36,38)(H,37,40);6-8,11-12,14-15,18,28-29,34,40H,9-10,13,16-17H2,1-5H3,(H,35,38);5-7,10-11,13-14,16,26-27,32,37H,8-9,12,15,17H2,1-4H3,(H,33,35)(H,34,36)/t27-,28+,32?;28-,29+,31?;26-,27+,29?/m000/s1. The Morgan fingerprint density at radius 3 is 1.09 bits per heavy atom. The Labute approximate surface area is 688 Å². The monoisotopic (exact) mass is 1630 g/mol. The Morgan fingerprint density at radius 2 is 0.780 bits per heavy atom. The number of nitrogens with zero attached hydrogens (tertiary/aromatic N) is 4. The summed E-state index contributed by atoms with van der Waals surface area (Å²) in [5.41, 5.74) is 11.7. The number of H-pyrrole nitrogens is 2. The number of aliphatic hydroxyl groups excluding tert-OH is 3.